The van der Waals surface area contributed by atoms with Crippen molar-refractivity contribution in [3.63, 3.8) is 0 Å². The predicted octanol–water partition coefficient (Wildman–Crippen LogP) is 4.07. The van der Waals surface area contributed by atoms with Gasteiger partial charge in [-0.1, -0.05) is 61.4 Å². The largest absolute Gasteiger partial charge is 0.326 e. The molecular formula is C17H21N. The molecular weight excluding hydrogens is 218 g/mol. The predicted molar refractivity (Wildman–Crippen MR) is 78.5 cm³/mol. The summed E-state index contributed by atoms with van der Waals surface area (Å²) < 4.78 is 0. The minimum absolute atomic E-state index is 0.591. The monoisotopic (exact) mass is 239 g/mol. The summed E-state index contributed by atoms with van der Waals surface area (Å²) in [6.07, 6.45) is 2.32. The Hall–Kier alpha value is -1.60. The van der Waals surface area contributed by atoms with Crippen molar-refractivity contribution in [3.05, 3.63) is 59.2 Å². The van der Waals surface area contributed by atoms with E-state index in [2.05, 4.69) is 56.3 Å². The highest BCUT2D eigenvalue weighted by atomic mass is 14.5. The summed E-state index contributed by atoms with van der Waals surface area (Å²) in [7, 11) is 0. The van der Waals surface area contributed by atoms with Gasteiger partial charge in [-0.05, 0) is 35.6 Å². The van der Waals surface area contributed by atoms with Gasteiger partial charge in [-0.2, -0.15) is 0 Å². The van der Waals surface area contributed by atoms with Gasteiger partial charge in [-0.3, -0.25) is 0 Å². The quantitative estimate of drug-likeness (QED) is 0.855. The van der Waals surface area contributed by atoms with Gasteiger partial charge in [-0.25, -0.2) is 0 Å². The van der Waals surface area contributed by atoms with E-state index in [4.69, 9.17) is 5.73 Å². The standard InChI is InChI=1S/C17H21N/c1-3-5-14-6-4-7-15(11-14)17-10-13(2)8-9-16(17)12-18/h4,6-11H,3,5,12,18H2,1-2H3. The first-order chi connectivity index (χ1) is 8.74. The van der Waals surface area contributed by atoms with Crippen molar-refractivity contribution in [2.45, 2.75) is 33.2 Å². The normalized spacial score (nSPS) is 10.6. The van der Waals surface area contributed by atoms with Crippen molar-refractivity contribution in [2.24, 2.45) is 5.73 Å². The lowest BCUT2D eigenvalue weighted by atomic mass is 9.95. The molecule has 0 unspecified atom stereocenters. The number of hydrogen-bond donors (Lipinski definition) is 1. The van der Waals surface area contributed by atoms with Crippen LogP contribution in [-0.2, 0) is 13.0 Å². The summed E-state index contributed by atoms with van der Waals surface area (Å²) in [6.45, 7) is 4.93. The van der Waals surface area contributed by atoms with E-state index in [1.165, 1.54) is 34.2 Å². The Kier molecular flexibility index (Phi) is 4.16. The van der Waals surface area contributed by atoms with Gasteiger partial charge in [0.2, 0.25) is 0 Å². The molecule has 0 radical (unpaired) electrons. The lowest BCUT2D eigenvalue weighted by Crippen LogP contribution is -1.99. The average molecular weight is 239 g/mol. The summed E-state index contributed by atoms with van der Waals surface area (Å²) in [5.74, 6) is 0. The Morgan fingerprint density at radius 1 is 1.06 bits per heavy atom. The summed E-state index contributed by atoms with van der Waals surface area (Å²) >= 11 is 0. The molecule has 1 heteroatoms. The molecule has 0 spiro atoms. The van der Waals surface area contributed by atoms with Crippen molar-refractivity contribution in [1.82, 2.24) is 0 Å². The van der Waals surface area contributed by atoms with Crippen LogP contribution in [0.3, 0.4) is 0 Å². The van der Waals surface area contributed by atoms with Crippen molar-refractivity contribution in [3.8, 4) is 11.1 Å². The van der Waals surface area contributed by atoms with Crippen LogP contribution in [0.15, 0.2) is 42.5 Å². The summed E-state index contributed by atoms with van der Waals surface area (Å²) in [6, 6.07) is 15.3. The molecule has 94 valence electrons. The molecule has 0 atom stereocenters. The van der Waals surface area contributed by atoms with Crippen LogP contribution in [0, 0.1) is 6.92 Å². The van der Waals surface area contributed by atoms with Gasteiger partial charge in [0.1, 0.15) is 0 Å². The number of rotatable bonds is 4. The maximum Gasteiger partial charge on any atom is 0.0184 e. The highest BCUT2D eigenvalue weighted by Gasteiger charge is 2.05. The first-order valence-corrected chi connectivity index (χ1v) is 6.63. The van der Waals surface area contributed by atoms with Crippen LogP contribution in [0.2, 0.25) is 0 Å². The number of hydrogen-bond acceptors (Lipinski definition) is 1. The molecule has 0 aromatic heterocycles. The highest BCUT2D eigenvalue weighted by molar-refractivity contribution is 5.68. The molecule has 2 aromatic carbocycles. The molecule has 1 nitrogen and oxygen atoms in total. The molecule has 0 saturated heterocycles. The van der Waals surface area contributed by atoms with Gasteiger partial charge >= 0.3 is 0 Å². The summed E-state index contributed by atoms with van der Waals surface area (Å²) in [5, 5.41) is 0. The SMILES string of the molecule is CCCc1cccc(-c2cc(C)ccc2CN)c1. The van der Waals surface area contributed by atoms with Crippen molar-refractivity contribution in [1.29, 1.82) is 0 Å². The van der Waals surface area contributed by atoms with E-state index in [-0.39, 0.29) is 0 Å². The zero-order valence-corrected chi connectivity index (χ0v) is 11.2. The lowest BCUT2D eigenvalue weighted by molar-refractivity contribution is 0.922. The minimum Gasteiger partial charge on any atom is -0.326 e. The molecule has 18 heavy (non-hydrogen) atoms. The van der Waals surface area contributed by atoms with Gasteiger partial charge < -0.3 is 5.73 Å². The van der Waals surface area contributed by atoms with Crippen molar-refractivity contribution < 1.29 is 0 Å². The number of aryl methyl sites for hydroxylation is 2. The first-order valence-electron chi connectivity index (χ1n) is 6.63. The van der Waals surface area contributed by atoms with Gasteiger partial charge in [-0.15, -0.1) is 0 Å². The van der Waals surface area contributed by atoms with Crippen LogP contribution in [0.25, 0.3) is 11.1 Å². The second-order valence-corrected chi connectivity index (χ2v) is 4.82. The summed E-state index contributed by atoms with van der Waals surface area (Å²) in [5.41, 5.74) is 12.3. The topological polar surface area (TPSA) is 26.0 Å². The first kappa shape index (κ1) is 12.8. The molecule has 0 fully saturated rings. The van der Waals surface area contributed by atoms with E-state index in [0.717, 1.165) is 6.42 Å². The van der Waals surface area contributed by atoms with Crippen LogP contribution in [0.1, 0.15) is 30.0 Å². The Balaban J connectivity index is 2.47. The third-order valence-corrected chi connectivity index (χ3v) is 3.26. The maximum absolute atomic E-state index is 5.83. The molecule has 0 heterocycles. The van der Waals surface area contributed by atoms with Gasteiger partial charge in [0.15, 0.2) is 0 Å². The van der Waals surface area contributed by atoms with E-state index < -0.39 is 0 Å². The van der Waals surface area contributed by atoms with E-state index in [1.807, 2.05) is 0 Å². The second-order valence-electron chi connectivity index (χ2n) is 4.82. The van der Waals surface area contributed by atoms with Gasteiger partial charge in [0.05, 0.1) is 0 Å². The van der Waals surface area contributed by atoms with Gasteiger partial charge in [0.25, 0.3) is 0 Å². The van der Waals surface area contributed by atoms with E-state index in [9.17, 15) is 0 Å². The Labute approximate surface area is 110 Å². The highest BCUT2D eigenvalue weighted by Crippen LogP contribution is 2.26. The number of nitrogens with two attached hydrogens (primary N) is 1. The fraction of sp³-hybridized carbons (Fsp3) is 0.294. The Morgan fingerprint density at radius 2 is 1.89 bits per heavy atom. The number of benzene rings is 2. The molecule has 0 saturated carbocycles. The third kappa shape index (κ3) is 2.80. The molecule has 2 N–H and O–H groups in total. The Bertz CT molecular complexity index is 529. The minimum atomic E-state index is 0.591. The van der Waals surface area contributed by atoms with Crippen molar-refractivity contribution in [2.75, 3.05) is 0 Å². The Morgan fingerprint density at radius 3 is 2.61 bits per heavy atom. The summed E-state index contributed by atoms with van der Waals surface area (Å²) in [4.78, 5) is 0. The average Bonchev–Trinajstić information content (AvgIpc) is 2.39. The van der Waals surface area contributed by atoms with E-state index in [0.29, 0.717) is 6.54 Å². The fourth-order valence-electron chi connectivity index (χ4n) is 2.32. The molecule has 0 aliphatic heterocycles. The van der Waals surface area contributed by atoms with Crippen molar-refractivity contribution >= 4 is 0 Å². The zero-order chi connectivity index (χ0) is 13.0. The van der Waals surface area contributed by atoms with Crippen LogP contribution >= 0.6 is 0 Å². The molecule has 0 bridgehead atoms. The maximum atomic E-state index is 5.83. The molecule has 2 rings (SSSR count). The van der Waals surface area contributed by atoms with Crippen LogP contribution in [-0.4, -0.2) is 0 Å². The van der Waals surface area contributed by atoms with E-state index in [1.54, 1.807) is 0 Å². The molecule has 0 aliphatic carbocycles. The van der Waals surface area contributed by atoms with Crippen LogP contribution < -0.4 is 5.73 Å². The van der Waals surface area contributed by atoms with Crippen LogP contribution in [0.4, 0.5) is 0 Å². The van der Waals surface area contributed by atoms with Crippen LogP contribution in [0.5, 0.6) is 0 Å². The lowest BCUT2D eigenvalue weighted by Gasteiger charge is -2.10. The molecule has 0 aliphatic rings. The molecule has 2 aromatic rings. The smallest absolute Gasteiger partial charge is 0.0184 e. The fourth-order valence-corrected chi connectivity index (χ4v) is 2.32. The van der Waals surface area contributed by atoms with Gasteiger partial charge in [0, 0.05) is 6.54 Å². The second kappa shape index (κ2) is 5.83. The zero-order valence-electron chi connectivity index (χ0n) is 11.2. The molecule has 0 amide bonds. The third-order valence-electron chi connectivity index (χ3n) is 3.26. The van der Waals surface area contributed by atoms with E-state index >= 15 is 0 Å².